The molecule has 1 aliphatic heterocycles. The van der Waals surface area contributed by atoms with Crippen molar-refractivity contribution < 1.29 is 85.6 Å². The molecule has 0 radical (unpaired) electrons. The highest BCUT2D eigenvalue weighted by Crippen LogP contribution is 2.61. The molecule has 0 spiro atoms. The molecule has 2 aromatic rings. The monoisotopic (exact) mass is 993 g/mol. The number of nitrogens with two attached hydrogens (primary N) is 1. The third-order valence-corrected chi connectivity index (χ3v) is 13.8. The van der Waals surface area contributed by atoms with Crippen LogP contribution in [0.5, 0.6) is 0 Å². The lowest BCUT2D eigenvalue weighted by Gasteiger charge is -2.30. The van der Waals surface area contributed by atoms with Crippen molar-refractivity contribution in [1.29, 1.82) is 0 Å². The second kappa shape index (κ2) is 26.2. The fourth-order valence-corrected chi connectivity index (χ4v) is 9.91. The van der Waals surface area contributed by atoms with Crippen LogP contribution in [0.4, 0.5) is 5.82 Å². The van der Waals surface area contributed by atoms with E-state index in [2.05, 4.69) is 41.3 Å². The summed E-state index contributed by atoms with van der Waals surface area (Å²) in [5, 5.41) is 36.5. The standard InChI is InChI=1S/C35H62N7O18P3S/c1-4-5-6-7-8-9-10-11-12-13-23(43)18-26(45)64-17-16-37-25(44)14-15-38-33(48)30(47)35(2,3)20-57-63(54,55)60-62(52,53)56-19-24-29(59-61(49,50)51)28(46)34(58-24)42-22-41-27-31(36)39-21-40-32(27)42/h21-24,28-30,34,43,46-47H,4-20H2,1-3H3,(H,37,44)(H,38,48)(H,52,53)(H,54,55)(H2,36,39,40)(H2,49,50,51)/t23?,24-,28-,29-,30+,34+/m1/s1. The van der Waals surface area contributed by atoms with Gasteiger partial charge in [0.25, 0.3) is 0 Å². The number of unbranched alkanes of at least 4 members (excludes halogenated alkanes) is 8. The number of hydrogen-bond acceptors (Lipinski definition) is 19. The minimum absolute atomic E-state index is 0.0253. The number of phosphoric ester groups is 3. The van der Waals surface area contributed by atoms with Gasteiger partial charge in [-0.3, -0.25) is 32.5 Å². The molecular weight excluding hydrogens is 931 g/mol. The number of hydrogen-bond donors (Lipinski definition) is 10. The van der Waals surface area contributed by atoms with Crippen molar-refractivity contribution in [2.45, 2.75) is 135 Å². The predicted molar refractivity (Wildman–Crippen MR) is 230 cm³/mol. The lowest BCUT2D eigenvalue weighted by atomic mass is 9.87. The van der Waals surface area contributed by atoms with Crippen molar-refractivity contribution in [2.24, 2.45) is 5.41 Å². The fraction of sp³-hybridized carbons (Fsp3) is 0.771. The molecule has 8 atom stereocenters. The van der Waals surface area contributed by atoms with Gasteiger partial charge in [-0.2, -0.15) is 4.31 Å². The molecule has 29 heteroatoms. The first-order valence-corrected chi connectivity index (χ1v) is 26.2. The van der Waals surface area contributed by atoms with Crippen LogP contribution in [0, 0.1) is 5.41 Å². The minimum atomic E-state index is -5.58. The largest absolute Gasteiger partial charge is 0.481 e. The number of fused-ring (bicyclic) bond motifs is 1. The Balaban J connectivity index is 1.36. The molecule has 2 aromatic heterocycles. The lowest BCUT2D eigenvalue weighted by molar-refractivity contribution is -0.137. The van der Waals surface area contributed by atoms with Crippen LogP contribution in [-0.2, 0) is 50.7 Å². The third-order valence-electron chi connectivity index (χ3n) is 9.81. The van der Waals surface area contributed by atoms with Crippen LogP contribution in [0.3, 0.4) is 0 Å². The zero-order valence-corrected chi connectivity index (χ0v) is 39.4. The number of aliphatic hydroxyl groups excluding tert-OH is 3. The van der Waals surface area contributed by atoms with Crippen molar-refractivity contribution in [1.82, 2.24) is 30.2 Å². The summed E-state index contributed by atoms with van der Waals surface area (Å²) in [5.74, 6) is -1.22. The molecule has 1 saturated heterocycles. The molecule has 0 saturated carbocycles. The first-order valence-electron chi connectivity index (χ1n) is 20.7. The normalized spacial score (nSPS) is 21.0. The van der Waals surface area contributed by atoms with Gasteiger partial charge < -0.3 is 56.0 Å². The highest BCUT2D eigenvalue weighted by Gasteiger charge is 2.50. The van der Waals surface area contributed by atoms with Gasteiger partial charge in [-0.05, 0) is 6.42 Å². The molecule has 3 unspecified atom stereocenters. The first kappa shape index (κ1) is 55.8. The van der Waals surface area contributed by atoms with Crippen LogP contribution in [0.1, 0.15) is 104 Å². The minimum Gasteiger partial charge on any atom is -0.393 e. The number of anilines is 1. The molecule has 3 rings (SSSR count). The van der Waals surface area contributed by atoms with Crippen LogP contribution in [0.2, 0.25) is 0 Å². The molecule has 0 aliphatic carbocycles. The lowest BCUT2D eigenvalue weighted by Crippen LogP contribution is -2.46. The van der Waals surface area contributed by atoms with Gasteiger partial charge >= 0.3 is 23.5 Å². The third kappa shape index (κ3) is 19.4. The average Bonchev–Trinajstić information content (AvgIpc) is 3.76. The molecule has 366 valence electrons. The van der Waals surface area contributed by atoms with Gasteiger partial charge in [-0.25, -0.2) is 28.6 Å². The number of phosphoric acid groups is 3. The number of nitrogens with zero attached hydrogens (tertiary/aromatic N) is 4. The van der Waals surface area contributed by atoms with Crippen LogP contribution in [0.25, 0.3) is 11.2 Å². The topological polar surface area (TPSA) is 384 Å². The SMILES string of the molecule is CCCCCCCCCCCC(O)CC(=O)SCCNC(=O)CCNC(=O)[C@H](O)C(C)(C)COP(=O)(O)OP(=O)(O)OC[C@H]1O[C@H](n2cnc3c(N)ncnc32)[C@H](O)[C@@H]1OP(=O)(O)O. The van der Waals surface area contributed by atoms with Crippen LogP contribution in [0.15, 0.2) is 12.7 Å². The van der Waals surface area contributed by atoms with E-state index in [-0.39, 0.29) is 53.8 Å². The highest BCUT2D eigenvalue weighted by molar-refractivity contribution is 8.13. The summed E-state index contributed by atoms with van der Waals surface area (Å²) in [7, 11) is -16.4. The number of rotatable bonds is 31. The molecule has 0 bridgehead atoms. The van der Waals surface area contributed by atoms with Crippen molar-refractivity contribution in [3.63, 3.8) is 0 Å². The zero-order valence-electron chi connectivity index (χ0n) is 35.9. The van der Waals surface area contributed by atoms with E-state index in [0.717, 1.165) is 48.2 Å². The molecule has 11 N–H and O–H groups in total. The number of ether oxygens (including phenoxy) is 1. The Morgan fingerprint density at radius 3 is 2.23 bits per heavy atom. The van der Waals surface area contributed by atoms with Gasteiger partial charge in [0.15, 0.2) is 22.8 Å². The number of amides is 2. The second-order valence-corrected chi connectivity index (χ2v) is 21.2. The number of thioether (sulfide) groups is 1. The molecule has 64 heavy (non-hydrogen) atoms. The number of aliphatic hydroxyl groups is 3. The van der Waals surface area contributed by atoms with E-state index in [0.29, 0.717) is 6.42 Å². The zero-order chi connectivity index (χ0) is 47.7. The maximum atomic E-state index is 12.7. The molecule has 0 aromatic carbocycles. The Morgan fingerprint density at radius 2 is 1.58 bits per heavy atom. The molecule has 1 aliphatic rings. The maximum absolute atomic E-state index is 12.7. The molecular formula is C35H62N7O18P3S. The van der Waals surface area contributed by atoms with Crippen LogP contribution < -0.4 is 16.4 Å². The molecule has 3 heterocycles. The number of imidazole rings is 1. The molecule has 1 fully saturated rings. The van der Waals surface area contributed by atoms with E-state index < -0.39 is 90.7 Å². The smallest absolute Gasteiger partial charge is 0.393 e. The van der Waals surface area contributed by atoms with Crippen molar-refractivity contribution >= 4 is 69.1 Å². The Hall–Kier alpha value is -2.48. The van der Waals surface area contributed by atoms with E-state index in [1.54, 1.807) is 0 Å². The summed E-state index contributed by atoms with van der Waals surface area (Å²) in [6, 6.07) is 0. The Morgan fingerprint density at radius 1 is 0.938 bits per heavy atom. The maximum Gasteiger partial charge on any atom is 0.481 e. The summed E-state index contributed by atoms with van der Waals surface area (Å²) in [6.07, 6.45) is 3.31. The summed E-state index contributed by atoms with van der Waals surface area (Å²) in [6.45, 7) is 2.59. The number of nitrogens with one attached hydrogen (secondary N) is 2. The summed E-state index contributed by atoms with van der Waals surface area (Å²) >= 11 is 0.995. The summed E-state index contributed by atoms with van der Waals surface area (Å²) in [5.41, 5.74) is 4.25. The molecule has 2 amide bonds. The van der Waals surface area contributed by atoms with Gasteiger partial charge in [0, 0.05) is 37.1 Å². The van der Waals surface area contributed by atoms with Gasteiger partial charge in [0.1, 0.15) is 36.3 Å². The number of aromatic nitrogens is 4. The average molecular weight is 994 g/mol. The van der Waals surface area contributed by atoms with Gasteiger partial charge in [-0.15, -0.1) is 0 Å². The Kier molecular flexibility index (Phi) is 22.8. The van der Waals surface area contributed by atoms with Crippen LogP contribution >= 0.6 is 35.2 Å². The number of carbonyl (C=O) groups is 3. The predicted octanol–water partition coefficient (Wildman–Crippen LogP) is 2.34. The molecule has 25 nitrogen and oxygen atoms in total. The van der Waals surface area contributed by atoms with E-state index in [9.17, 15) is 63.0 Å². The van der Waals surface area contributed by atoms with E-state index in [1.165, 1.54) is 52.4 Å². The Labute approximate surface area is 374 Å². The van der Waals surface area contributed by atoms with Gasteiger partial charge in [-0.1, -0.05) is 90.3 Å². The highest BCUT2D eigenvalue weighted by atomic mass is 32.2. The van der Waals surface area contributed by atoms with E-state index in [1.807, 2.05) is 0 Å². The second-order valence-electron chi connectivity index (χ2n) is 15.8. The van der Waals surface area contributed by atoms with E-state index in [4.69, 9.17) is 19.5 Å². The van der Waals surface area contributed by atoms with Crippen molar-refractivity contribution in [3.05, 3.63) is 12.7 Å². The summed E-state index contributed by atoms with van der Waals surface area (Å²) < 4.78 is 62.3. The van der Waals surface area contributed by atoms with E-state index >= 15 is 0 Å². The van der Waals surface area contributed by atoms with Gasteiger partial charge in [0.2, 0.25) is 11.8 Å². The fourth-order valence-electron chi connectivity index (χ4n) is 6.34. The van der Waals surface area contributed by atoms with Gasteiger partial charge in [0.05, 0.1) is 25.6 Å². The Bertz CT molecular complexity index is 1960. The first-order chi connectivity index (χ1) is 29.9. The summed E-state index contributed by atoms with van der Waals surface area (Å²) in [4.78, 5) is 88.2. The van der Waals surface area contributed by atoms with Crippen molar-refractivity contribution in [3.8, 4) is 0 Å². The number of carbonyl (C=O) groups excluding carboxylic acids is 3. The quantitative estimate of drug-likeness (QED) is 0.0383. The number of nitrogen functional groups attached to an aromatic ring is 1. The van der Waals surface area contributed by atoms with Crippen LogP contribution in [-0.4, -0.2) is 134 Å². The van der Waals surface area contributed by atoms with Crippen molar-refractivity contribution in [2.75, 3.05) is 37.8 Å².